The first-order chi connectivity index (χ1) is 9.63. The number of aryl methyl sites for hydroxylation is 2. The number of nitrogens with zero attached hydrogens (tertiary/aromatic N) is 2. The van der Waals surface area contributed by atoms with Crippen molar-refractivity contribution in [2.75, 3.05) is 0 Å². The highest BCUT2D eigenvalue weighted by molar-refractivity contribution is 6.17. The van der Waals surface area contributed by atoms with Crippen molar-refractivity contribution in [2.45, 2.75) is 26.3 Å². The Labute approximate surface area is 123 Å². The second kappa shape index (κ2) is 6.40. The molecule has 2 rings (SSSR count). The predicted molar refractivity (Wildman–Crippen MR) is 78.8 cm³/mol. The molecule has 0 aliphatic carbocycles. The lowest BCUT2D eigenvalue weighted by atomic mass is 10.1. The molecule has 0 spiro atoms. The lowest BCUT2D eigenvalue weighted by Gasteiger charge is -2.13. The SMILES string of the molecule is Cc1cc(CCl)cc(C)c1OCc1ccnc(C#N)c1. The minimum atomic E-state index is 0.400. The standard InChI is InChI=1S/C16H15ClN2O/c1-11-5-14(8-17)6-12(2)16(11)20-10-13-3-4-19-15(7-13)9-18/h3-7H,8,10H2,1-2H3. The zero-order chi connectivity index (χ0) is 14.5. The van der Waals surface area contributed by atoms with Crippen molar-refractivity contribution in [3.63, 3.8) is 0 Å². The van der Waals surface area contributed by atoms with Gasteiger partial charge in [-0.15, -0.1) is 11.6 Å². The summed E-state index contributed by atoms with van der Waals surface area (Å²) in [6.45, 7) is 4.43. The molecule has 1 aromatic heterocycles. The van der Waals surface area contributed by atoms with Crippen LogP contribution in [-0.4, -0.2) is 4.98 Å². The highest BCUT2D eigenvalue weighted by Crippen LogP contribution is 2.26. The van der Waals surface area contributed by atoms with Crippen LogP contribution in [0.5, 0.6) is 5.75 Å². The number of benzene rings is 1. The maximum absolute atomic E-state index is 8.83. The number of ether oxygens (including phenoxy) is 1. The van der Waals surface area contributed by atoms with Crippen LogP contribution in [0.3, 0.4) is 0 Å². The summed E-state index contributed by atoms with van der Waals surface area (Å²) in [6, 6.07) is 9.66. The van der Waals surface area contributed by atoms with Gasteiger partial charge in [0.25, 0.3) is 0 Å². The van der Waals surface area contributed by atoms with Crippen LogP contribution in [0.25, 0.3) is 0 Å². The largest absolute Gasteiger partial charge is 0.488 e. The van der Waals surface area contributed by atoms with E-state index in [4.69, 9.17) is 21.6 Å². The number of hydrogen-bond acceptors (Lipinski definition) is 3. The first-order valence-corrected chi connectivity index (χ1v) is 6.81. The average Bonchev–Trinajstić information content (AvgIpc) is 2.46. The second-order valence-corrected chi connectivity index (χ2v) is 4.91. The predicted octanol–water partition coefficient (Wildman–Crippen LogP) is 3.89. The van der Waals surface area contributed by atoms with E-state index < -0.39 is 0 Å². The fraction of sp³-hybridized carbons (Fsp3) is 0.250. The van der Waals surface area contributed by atoms with E-state index in [1.165, 1.54) is 0 Å². The Morgan fingerprint density at radius 2 is 1.90 bits per heavy atom. The minimum Gasteiger partial charge on any atom is -0.488 e. The average molecular weight is 287 g/mol. The molecule has 0 aliphatic rings. The lowest BCUT2D eigenvalue weighted by Crippen LogP contribution is -2.00. The van der Waals surface area contributed by atoms with Gasteiger partial charge in [-0.3, -0.25) is 0 Å². The van der Waals surface area contributed by atoms with E-state index in [1.54, 1.807) is 12.3 Å². The number of nitriles is 1. The zero-order valence-electron chi connectivity index (χ0n) is 11.5. The quantitative estimate of drug-likeness (QED) is 0.801. The van der Waals surface area contributed by atoms with E-state index in [9.17, 15) is 0 Å². The van der Waals surface area contributed by atoms with Crippen molar-refractivity contribution >= 4 is 11.6 Å². The Kier molecular flexibility index (Phi) is 4.60. The molecule has 1 aromatic carbocycles. The van der Waals surface area contributed by atoms with Crippen LogP contribution < -0.4 is 4.74 Å². The van der Waals surface area contributed by atoms with Crippen LogP contribution in [0, 0.1) is 25.2 Å². The number of halogens is 1. The van der Waals surface area contributed by atoms with Crippen molar-refractivity contribution in [1.82, 2.24) is 4.98 Å². The Balaban J connectivity index is 2.17. The van der Waals surface area contributed by atoms with E-state index in [0.29, 0.717) is 18.2 Å². The molecule has 0 bridgehead atoms. The fourth-order valence-electron chi connectivity index (χ4n) is 2.13. The number of hydrogen-bond donors (Lipinski definition) is 0. The van der Waals surface area contributed by atoms with Gasteiger partial charge in [0.1, 0.15) is 24.1 Å². The van der Waals surface area contributed by atoms with Gasteiger partial charge in [0, 0.05) is 12.1 Å². The van der Waals surface area contributed by atoms with Gasteiger partial charge in [0.05, 0.1) is 0 Å². The molecular formula is C16H15ClN2O. The molecule has 0 saturated heterocycles. The Hall–Kier alpha value is -2.05. The summed E-state index contributed by atoms with van der Waals surface area (Å²) in [5.74, 6) is 1.37. The van der Waals surface area contributed by atoms with Crippen LogP contribution >= 0.6 is 11.6 Å². The molecule has 20 heavy (non-hydrogen) atoms. The molecular weight excluding hydrogens is 272 g/mol. The van der Waals surface area contributed by atoms with Gasteiger partial charge in [-0.05, 0) is 48.2 Å². The third-order valence-electron chi connectivity index (χ3n) is 3.00. The second-order valence-electron chi connectivity index (χ2n) is 4.64. The Bertz CT molecular complexity index is 639. The molecule has 1 heterocycles. The number of aromatic nitrogens is 1. The van der Waals surface area contributed by atoms with E-state index in [2.05, 4.69) is 4.98 Å². The third-order valence-corrected chi connectivity index (χ3v) is 3.31. The molecule has 0 atom stereocenters. The first-order valence-electron chi connectivity index (χ1n) is 6.28. The molecule has 102 valence electrons. The molecule has 0 aliphatic heterocycles. The maximum atomic E-state index is 8.83. The number of pyridine rings is 1. The van der Waals surface area contributed by atoms with Crippen molar-refractivity contribution in [1.29, 1.82) is 5.26 Å². The summed E-state index contributed by atoms with van der Waals surface area (Å²) in [7, 11) is 0. The van der Waals surface area contributed by atoms with Crippen LogP contribution in [0.1, 0.15) is 27.9 Å². The van der Waals surface area contributed by atoms with Gasteiger partial charge in [0.15, 0.2) is 0 Å². The normalized spacial score (nSPS) is 10.1. The molecule has 0 radical (unpaired) electrons. The number of rotatable bonds is 4. The van der Waals surface area contributed by atoms with Gasteiger partial charge >= 0.3 is 0 Å². The molecule has 3 nitrogen and oxygen atoms in total. The minimum absolute atomic E-state index is 0.400. The molecule has 0 amide bonds. The summed E-state index contributed by atoms with van der Waals surface area (Å²) in [6.07, 6.45) is 1.62. The first kappa shape index (κ1) is 14.4. The monoisotopic (exact) mass is 286 g/mol. The smallest absolute Gasteiger partial charge is 0.140 e. The zero-order valence-corrected chi connectivity index (χ0v) is 12.2. The molecule has 0 N–H and O–H groups in total. The van der Waals surface area contributed by atoms with Gasteiger partial charge in [-0.1, -0.05) is 12.1 Å². The van der Waals surface area contributed by atoms with Gasteiger partial charge < -0.3 is 4.74 Å². The highest BCUT2D eigenvalue weighted by atomic mass is 35.5. The highest BCUT2D eigenvalue weighted by Gasteiger charge is 2.07. The van der Waals surface area contributed by atoms with E-state index in [0.717, 1.165) is 28.0 Å². The maximum Gasteiger partial charge on any atom is 0.140 e. The molecule has 2 aromatic rings. The van der Waals surface area contributed by atoms with Gasteiger partial charge in [-0.2, -0.15) is 5.26 Å². The molecule has 4 heteroatoms. The van der Waals surface area contributed by atoms with Crippen LogP contribution in [0.2, 0.25) is 0 Å². The van der Waals surface area contributed by atoms with Crippen LogP contribution in [-0.2, 0) is 12.5 Å². The summed E-state index contributed by atoms with van der Waals surface area (Å²) < 4.78 is 5.87. The topological polar surface area (TPSA) is 45.9 Å². The van der Waals surface area contributed by atoms with Crippen molar-refractivity contribution in [3.05, 3.63) is 58.4 Å². The van der Waals surface area contributed by atoms with E-state index in [1.807, 2.05) is 38.1 Å². The van der Waals surface area contributed by atoms with Gasteiger partial charge in [0.2, 0.25) is 0 Å². The molecule has 0 fully saturated rings. The van der Waals surface area contributed by atoms with Crippen molar-refractivity contribution in [2.24, 2.45) is 0 Å². The Morgan fingerprint density at radius 1 is 1.20 bits per heavy atom. The molecule has 0 unspecified atom stereocenters. The van der Waals surface area contributed by atoms with Gasteiger partial charge in [-0.25, -0.2) is 4.98 Å². The van der Waals surface area contributed by atoms with Crippen molar-refractivity contribution in [3.8, 4) is 11.8 Å². The summed E-state index contributed by atoms with van der Waals surface area (Å²) in [5, 5.41) is 8.83. The summed E-state index contributed by atoms with van der Waals surface area (Å²) >= 11 is 5.85. The molecule has 0 saturated carbocycles. The lowest BCUT2D eigenvalue weighted by molar-refractivity contribution is 0.301. The van der Waals surface area contributed by atoms with Crippen LogP contribution in [0.15, 0.2) is 30.5 Å². The van der Waals surface area contributed by atoms with E-state index >= 15 is 0 Å². The van der Waals surface area contributed by atoms with Crippen LogP contribution in [0.4, 0.5) is 0 Å². The third kappa shape index (κ3) is 3.28. The fourth-order valence-corrected chi connectivity index (χ4v) is 2.28. The number of alkyl halides is 1. The van der Waals surface area contributed by atoms with Crippen molar-refractivity contribution < 1.29 is 4.74 Å². The van der Waals surface area contributed by atoms with E-state index in [-0.39, 0.29) is 0 Å². The summed E-state index contributed by atoms with van der Waals surface area (Å²) in [5.41, 5.74) is 4.55. The Morgan fingerprint density at radius 3 is 2.50 bits per heavy atom. The summed E-state index contributed by atoms with van der Waals surface area (Å²) in [4.78, 5) is 3.94.